The van der Waals surface area contributed by atoms with Gasteiger partial charge in [-0.25, -0.2) is 4.79 Å². The third-order valence-electron chi connectivity index (χ3n) is 3.01. The number of hydrogen-bond acceptors (Lipinski definition) is 5. The van der Waals surface area contributed by atoms with Crippen molar-refractivity contribution in [2.24, 2.45) is 14.1 Å². The lowest BCUT2D eigenvalue weighted by Crippen LogP contribution is -2.40. The van der Waals surface area contributed by atoms with Crippen molar-refractivity contribution in [3.05, 3.63) is 32.6 Å². The van der Waals surface area contributed by atoms with Crippen molar-refractivity contribution in [1.82, 2.24) is 14.0 Å². The molecular formula is C13H21N3O5. The lowest BCUT2D eigenvalue weighted by Gasteiger charge is -2.17. The van der Waals surface area contributed by atoms with E-state index in [1.54, 1.807) is 21.2 Å². The summed E-state index contributed by atoms with van der Waals surface area (Å²) in [6.45, 7) is 0.787. The summed E-state index contributed by atoms with van der Waals surface area (Å²) < 4.78 is 12.3. The summed E-state index contributed by atoms with van der Waals surface area (Å²) in [5, 5.41) is 0. The van der Waals surface area contributed by atoms with Crippen molar-refractivity contribution in [3.8, 4) is 0 Å². The van der Waals surface area contributed by atoms with Crippen LogP contribution in [0.1, 0.15) is 5.56 Å². The van der Waals surface area contributed by atoms with Crippen LogP contribution in [0.5, 0.6) is 0 Å². The Hall–Kier alpha value is -1.93. The van der Waals surface area contributed by atoms with Crippen molar-refractivity contribution in [1.29, 1.82) is 0 Å². The summed E-state index contributed by atoms with van der Waals surface area (Å²) in [5.41, 5.74) is -0.439. The Balaban J connectivity index is 2.71. The monoisotopic (exact) mass is 299 g/mol. The highest BCUT2D eigenvalue weighted by Crippen LogP contribution is 1.97. The zero-order valence-corrected chi connectivity index (χ0v) is 12.8. The van der Waals surface area contributed by atoms with Gasteiger partial charge < -0.3 is 18.9 Å². The van der Waals surface area contributed by atoms with Gasteiger partial charge in [-0.2, -0.15) is 0 Å². The normalized spacial score (nSPS) is 10.7. The number of likely N-dealkylation sites (N-methyl/N-ethyl adjacent to an activating group) is 1. The molecule has 21 heavy (non-hydrogen) atoms. The van der Waals surface area contributed by atoms with Gasteiger partial charge in [-0.3, -0.25) is 14.2 Å². The minimum absolute atomic E-state index is 0.0774. The SMILES string of the molecule is COCCOCC(=O)N(C)Cc1cn(C)c(=O)n(C)c1=O. The number of hydrogen-bond donors (Lipinski definition) is 0. The van der Waals surface area contributed by atoms with E-state index in [4.69, 9.17) is 9.47 Å². The molecule has 118 valence electrons. The molecule has 0 spiro atoms. The molecule has 1 rings (SSSR count). The number of aromatic nitrogens is 2. The van der Waals surface area contributed by atoms with Crippen LogP contribution in [0.25, 0.3) is 0 Å². The highest BCUT2D eigenvalue weighted by molar-refractivity contribution is 5.77. The Labute approximate surface area is 122 Å². The summed E-state index contributed by atoms with van der Waals surface area (Å²) >= 11 is 0. The predicted molar refractivity (Wildman–Crippen MR) is 76.1 cm³/mol. The minimum atomic E-state index is -0.405. The fourth-order valence-electron chi connectivity index (χ4n) is 1.75. The Morgan fingerprint density at radius 1 is 1.29 bits per heavy atom. The molecule has 8 nitrogen and oxygen atoms in total. The zero-order valence-electron chi connectivity index (χ0n) is 12.8. The molecule has 0 bridgehead atoms. The minimum Gasteiger partial charge on any atom is -0.382 e. The number of carbonyl (C=O) groups excluding carboxylic acids is 1. The summed E-state index contributed by atoms with van der Waals surface area (Å²) in [4.78, 5) is 36.8. The molecule has 1 aromatic rings. The first-order valence-electron chi connectivity index (χ1n) is 6.44. The molecule has 0 saturated heterocycles. The third kappa shape index (κ3) is 4.54. The number of aryl methyl sites for hydroxylation is 1. The van der Waals surface area contributed by atoms with Crippen molar-refractivity contribution < 1.29 is 14.3 Å². The molecule has 0 radical (unpaired) electrons. The average Bonchev–Trinajstić information content (AvgIpc) is 2.46. The Kier molecular flexibility index (Phi) is 6.32. The Bertz CT molecular complexity index is 605. The number of ether oxygens (including phenoxy) is 2. The van der Waals surface area contributed by atoms with Gasteiger partial charge in [-0.1, -0.05) is 0 Å². The van der Waals surface area contributed by atoms with Crippen LogP contribution < -0.4 is 11.2 Å². The number of amides is 1. The van der Waals surface area contributed by atoms with Crippen LogP contribution in [-0.2, 0) is 34.9 Å². The summed E-state index contributed by atoms with van der Waals surface area (Å²) in [5.74, 6) is -0.248. The summed E-state index contributed by atoms with van der Waals surface area (Å²) in [6.07, 6.45) is 1.44. The predicted octanol–water partition coefficient (Wildman–Crippen LogP) is -1.29. The molecule has 1 aromatic heterocycles. The molecule has 1 heterocycles. The van der Waals surface area contributed by atoms with E-state index in [2.05, 4.69) is 0 Å². The maximum atomic E-state index is 12.0. The number of carbonyl (C=O) groups is 1. The Morgan fingerprint density at radius 2 is 1.95 bits per heavy atom. The van der Waals surface area contributed by atoms with Gasteiger partial charge in [0.2, 0.25) is 5.91 Å². The van der Waals surface area contributed by atoms with Gasteiger partial charge in [-0.05, 0) is 0 Å². The van der Waals surface area contributed by atoms with E-state index in [-0.39, 0.29) is 19.1 Å². The molecule has 0 N–H and O–H groups in total. The molecular weight excluding hydrogens is 278 g/mol. The second-order valence-corrected chi connectivity index (χ2v) is 4.71. The molecule has 0 fully saturated rings. The van der Waals surface area contributed by atoms with Crippen LogP contribution in [0.3, 0.4) is 0 Å². The van der Waals surface area contributed by atoms with Crippen molar-refractivity contribution >= 4 is 5.91 Å². The molecule has 0 aliphatic carbocycles. The van der Waals surface area contributed by atoms with Gasteiger partial charge in [0.05, 0.1) is 25.3 Å². The maximum Gasteiger partial charge on any atom is 0.330 e. The van der Waals surface area contributed by atoms with E-state index in [0.717, 1.165) is 4.57 Å². The van der Waals surface area contributed by atoms with Crippen LogP contribution in [0, 0.1) is 0 Å². The van der Waals surface area contributed by atoms with Crippen LogP contribution in [0.4, 0.5) is 0 Å². The van der Waals surface area contributed by atoms with Gasteiger partial charge in [0.1, 0.15) is 6.61 Å². The molecule has 8 heteroatoms. The first-order valence-corrected chi connectivity index (χ1v) is 6.44. The average molecular weight is 299 g/mol. The van der Waals surface area contributed by atoms with Crippen molar-refractivity contribution in [2.75, 3.05) is 34.0 Å². The third-order valence-corrected chi connectivity index (χ3v) is 3.01. The van der Waals surface area contributed by atoms with E-state index < -0.39 is 11.2 Å². The van der Waals surface area contributed by atoms with E-state index in [9.17, 15) is 14.4 Å². The van der Waals surface area contributed by atoms with E-state index in [1.807, 2.05) is 0 Å². The molecule has 1 amide bonds. The van der Waals surface area contributed by atoms with Crippen molar-refractivity contribution in [2.45, 2.75) is 6.54 Å². The van der Waals surface area contributed by atoms with Crippen LogP contribution >= 0.6 is 0 Å². The van der Waals surface area contributed by atoms with Gasteiger partial charge in [-0.15, -0.1) is 0 Å². The molecule has 0 aliphatic rings. The van der Waals surface area contributed by atoms with Gasteiger partial charge in [0.25, 0.3) is 5.56 Å². The Morgan fingerprint density at radius 3 is 2.57 bits per heavy atom. The van der Waals surface area contributed by atoms with Crippen LogP contribution in [0.15, 0.2) is 15.8 Å². The topological polar surface area (TPSA) is 82.8 Å². The largest absolute Gasteiger partial charge is 0.382 e. The second-order valence-electron chi connectivity index (χ2n) is 4.71. The zero-order chi connectivity index (χ0) is 16.0. The summed E-state index contributed by atoms with van der Waals surface area (Å²) in [6, 6.07) is 0. The first kappa shape index (κ1) is 17.1. The van der Waals surface area contributed by atoms with E-state index >= 15 is 0 Å². The fourth-order valence-corrected chi connectivity index (χ4v) is 1.75. The first-order chi connectivity index (χ1) is 9.88. The molecule has 0 aliphatic heterocycles. The smallest absolute Gasteiger partial charge is 0.330 e. The quantitative estimate of drug-likeness (QED) is 0.585. The maximum absolute atomic E-state index is 12.0. The lowest BCUT2D eigenvalue weighted by atomic mass is 10.3. The molecule has 0 atom stereocenters. The highest BCUT2D eigenvalue weighted by atomic mass is 16.5. The number of rotatable bonds is 7. The highest BCUT2D eigenvalue weighted by Gasteiger charge is 2.13. The van der Waals surface area contributed by atoms with Crippen LogP contribution in [-0.4, -0.2) is 53.9 Å². The molecule has 0 aromatic carbocycles. The van der Waals surface area contributed by atoms with Crippen LogP contribution in [0.2, 0.25) is 0 Å². The van der Waals surface area contributed by atoms with Crippen molar-refractivity contribution in [3.63, 3.8) is 0 Å². The lowest BCUT2D eigenvalue weighted by molar-refractivity contribution is -0.135. The molecule has 0 unspecified atom stereocenters. The number of nitrogens with zero attached hydrogens (tertiary/aromatic N) is 3. The fraction of sp³-hybridized carbons (Fsp3) is 0.615. The number of methoxy groups -OCH3 is 1. The summed E-state index contributed by atoms with van der Waals surface area (Å²) in [7, 11) is 6.09. The second kappa shape index (κ2) is 7.75. The van der Waals surface area contributed by atoms with Gasteiger partial charge in [0, 0.05) is 34.4 Å². The van der Waals surface area contributed by atoms with E-state index in [1.165, 1.54) is 22.7 Å². The van der Waals surface area contributed by atoms with E-state index in [0.29, 0.717) is 18.8 Å². The standard InChI is InChI=1S/C13H21N3O5/c1-14(11(17)9-21-6-5-20-4)7-10-8-15(2)13(19)16(3)12(10)18/h8H,5-7,9H2,1-4H3. The van der Waals surface area contributed by atoms with Gasteiger partial charge >= 0.3 is 5.69 Å². The molecule has 0 saturated carbocycles. The van der Waals surface area contributed by atoms with Gasteiger partial charge in [0.15, 0.2) is 0 Å².